The second kappa shape index (κ2) is 9.68. The molecule has 2 fully saturated rings. The lowest BCUT2D eigenvalue weighted by Crippen LogP contribution is -2.56. The highest BCUT2D eigenvalue weighted by Gasteiger charge is 2.43. The molecular formula is C31H28N6O2. The van der Waals surface area contributed by atoms with Crippen LogP contribution in [-0.4, -0.2) is 63.8 Å². The Morgan fingerprint density at radius 3 is 2.54 bits per heavy atom. The molecule has 2 unspecified atom stereocenters. The van der Waals surface area contributed by atoms with Crippen molar-refractivity contribution in [3.05, 3.63) is 89.9 Å². The number of carbonyl (C=O) groups excluding carboxylic acids is 1. The molecule has 39 heavy (non-hydrogen) atoms. The van der Waals surface area contributed by atoms with Crippen molar-refractivity contribution in [2.45, 2.75) is 31.3 Å². The number of fused-ring (bicyclic) bond motifs is 3. The van der Waals surface area contributed by atoms with Crippen LogP contribution in [0.3, 0.4) is 0 Å². The van der Waals surface area contributed by atoms with Crippen LogP contribution in [0.1, 0.15) is 40.7 Å². The summed E-state index contributed by atoms with van der Waals surface area (Å²) >= 11 is 0. The van der Waals surface area contributed by atoms with Crippen LogP contribution in [0.5, 0.6) is 0 Å². The number of aromatic nitrogens is 3. The maximum atomic E-state index is 13.2. The lowest BCUT2D eigenvalue weighted by Gasteiger charge is -2.41. The smallest absolute Gasteiger partial charge is 0.254 e. The molecule has 2 bridgehead atoms. The van der Waals surface area contributed by atoms with Gasteiger partial charge in [0.05, 0.1) is 42.6 Å². The molecule has 3 aliphatic heterocycles. The van der Waals surface area contributed by atoms with E-state index in [4.69, 9.17) is 9.72 Å². The third-order valence-corrected chi connectivity index (χ3v) is 8.19. The number of amides is 1. The van der Waals surface area contributed by atoms with Gasteiger partial charge in [0.25, 0.3) is 5.91 Å². The average Bonchev–Trinajstić information content (AvgIpc) is 3.54. The molecule has 194 valence electrons. The minimum atomic E-state index is 0.128. The van der Waals surface area contributed by atoms with Gasteiger partial charge in [0.2, 0.25) is 0 Å². The topological polar surface area (TPSA) is 86.8 Å². The molecule has 0 saturated carbocycles. The highest BCUT2D eigenvalue weighted by Crippen LogP contribution is 2.35. The molecule has 7 rings (SSSR count). The maximum absolute atomic E-state index is 13.2. The van der Waals surface area contributed by atoms with Crippen molar-refractivity contribution in [2.75, 3.05) is 31.2 Å². The zero-order valence-electron chi connectivity index (χ0n) is 21.5. The Kier molecular flexibility index (Phi) is 5.86. The number of hydrogen-bond donors (Lipinski definition) is 0. The maximum Gasteiger partial charge on any atom is 0.254 e. The van der Waals surface area contributed by atoms with E-state index in [0.717, 1.165) is 65.9 Å². The van der Waals surface area contributed by atoms with Crippen LogP contribution in [0.15, 0.2) is 73.2 Å². The van der Waals surface area contributed by atoms with Crippen molar-refractivity contribution in [3.63, 3.8) is 0 Å². The van der Waals surface area contributed by atoms with E-state index in [0.29, 0.717) is 18.8 Å². The van der Waals surface area contributed by atoms with Crippen LogP contribution >= 0.6 is 0 Å². The summed E-state index contributed by atoms with van der Waals surface area (Å²) in [5.41, 5.74) is 6.26. The molecule has 3 aliphatic rings. The third-order valence-electron chi connectivity index (χ3n) is 8.19. The lowest BCUT2D eigenvalue weighted by molar-refractivity contribution is 0.0641. The van der Waals surface area contributed by atoms with Crippen LogP contribution in [0.25, 0.3) is 22.2 Å². The average molecular weight is 517 g/mol. The van der Waals surface area contributed by atoms with Gasteiger partial charge in [-0.15, -0.1) is 0 Å². The minimum absolute atomic E-state index is 0.128. The molecule has 0 N–H and O–H groups in total. The molecule has 2 saturated heterocycles. The number of benzene rings is 1. The first kappa shape index (κ1) is 23.6. The standard InChI is InChI=1S/C31H28N6O2/c32-15-25-17-34-36-18-24(21-10-12-39-13-11-21)14-28(30(25)36)23-6-9-29(33-16-23)35-19-26-7-8-27(20-35)37(26)31(38)22-4-2-1-3-5-22/h1-6,9-10,14,16-18,26-27H,7-8,11-13,19-20H2. The van der Waals surface area contributed by atoms with Gasteiger partial charge in [0, 0.05) is 42.2 Å². The molecule has 3 aromatic heterocycles. The number of nitrogens with zero attached hydrogens (tertiary/aromatic N) is 6. The summed E-state index contributed by atoms with van der Waals surface area (Å²) < 4.78 is 7.30. The Balaban J connectivity index is 1.17. The number of pyridine rings is 2. The van der Waals surface area contributed by atoms with Crippen molar-refractivity contribution in [3.8, 4) is 17.2 Å². The van der Waals surface area contributed by atoms with Crippen LogP contribution < -0.4 is 4.90 Å². The van der Waals surface area contributed by atoms with E-state index in [2.05, 4.69) is 45.2 Å². The predicted octanol–water partition coefficient (Wildman–Crippen LogP) is 4.57. The second-order valence-electron chi connectivity index (χ2n) is 10.4. The third kappa shape index (κ3) is 4.16. The summed E-state index contributed by atoms with van der Waals surface area (Å²) in [4.78, 5) is 22.5. The number of nitriles is 1. The van der Waals surface area contributed by atoms with E-state index in [1.165, 1.54) is 5.57 Å². The largest absolute Gasteiger partial charge is 0.377 e. The van der Waals surface area contributed by atoms with Crippen molar-refractivity contribution < 1.29 is 9.53 Å². The van der Waals surface area contributed by atoms with E-state index in [1.807, 2.05) is 42.7 Å². The van der Waals surface area contributed by atoms with Gasteiger partial charge >= 0.3 is 0 Å². The fraction of sp³-hybridized carbons (Fsp3) is 0.290. The summed E-state index contributed by atoms with van der Waals surface area (Å²) in [6.45, 7) is 2.86. The van der Waals surface area contributed by atoms with Crippen LogP contribution in [0, 0.1) is 11.3 Å². The Morgan fingerprint density at radius 2 is 1.85 bits per heavy atom. The number of rotatable bonds is 4. The number of ether oxygens (including phenoxy) is 1. The fourth-order valence-corrected chi connectivity index (χ4v) is 6.27. The van der Waals surface area contributed by atoms with Crippen LogP contribution in [0.2, 0.25) is 0 Å². The summed E-state index contributed by atoms with van der Waals surface area (Å²) in [6, 6.07) is 18.5. The van der Waals surface area contributed by atoms with E-state index >= 15 is 0 Å². The first-order valence-corrected chi connectivity index (χ1v) is 13.5. The first-order chi connectivity index (χ1) is 19.2. The van der Waals surface area contributed by atoms with E-state index in [9.17, 15) is 10.1 Å². The lowest BCUT2D eigenvalue weighted by atomic mass is 9.98. The van der Waals surface area contributed by atoms with Crippen LogP contribution in [-0.2, 0) is 4.74 Å². The molecule has 8 nitrogen and oxygen atoms in total. The molecule has 0 radical (unpaired) electrons. The van der Waals surface area contributed by atoms with Crippen molar-refractivity contribution >= 4 is 22.8 Å². The molecule has 1 aromatic carbocycles. The fourth-order valence-electron chi connectivity index (χ4n) is 6.27. The minimum Gasteiger partial charge on any atom is -0.377 e. The summed E-state index contributed by atoms with van der Waals surface area (Å²) in [5.74, 6) is 1.04. The zero-order valence-corrected chi connectivity index (χ0v) is 21.5. The highest BCUT2D eigenvalue weighted by atomic mass is 16.5. The number of hydrogen-bond acceptors (Lipinski definition) is 6. The predicted molar refractivity (Wildman–Crippen MR) is 148 cm³/mol. The van der Waals surface area contributed by atoms with Crippen molar-refractivity contribution in [1.82, 2.24) is 19.5 Å². The zero-order chi connectivity index (χ0) is 26.3. The SMILES string of the molecule is N#Cc1cnn2cc(C3=CCOCC3)cc(-c3ccc(N4CC5CCC(C4)N5C(=O)c4ccccc4)nc3)c12. The Bertz CT molecular complexity index is 1600. The molecule has 6 heterocycles. The Hall–Kier alpha value is -4.48. The molecule has 2 atom stereocenters. The number of piperazine rings is 1. The van der Waals surface area contributed by atoms with Crippen LogP contribution in [0.4, 0.5) is 5.82 Å². The normalized spacial score (nSPS) is 20.6. The second-order valence-corrected chi connectivity index (χ2v) is 10.4. The Morgan fingerprint density at radius 1 is 1.03 bits per heavy atom. The first-order valence-electron chi connectivity index (χ1n) is 13.5. The van der Waals surface area contributed by atoms with E-state index in [1.54, 1.807) is 10.7 Å². The summed E-state index contributed by atoms with van der Waals surface area (Å²) in [5, 5.41) is 14.2. The van der Waals surface area contributed by atoms with Gasteiger partial charge in [-0.2, -0.15) is 10.4 Å². The molecule has 0 spiro atoms. The van der Waals surface area contributed by atoms with Gasteiger partial charge in [-0.1, -0.05) is 24.3 Å². The van der Waals surface area contributed by atoms with Gasteiger partial charge in [0.15, 0.2) is 0 Å². The Labute approximate surface area is 226 Å². The number of anilines is 1. The monoisotopic (exact) mass is 516 g/mol. The number of carbonyl (C=O) groups is 1. The molecule has 4 aromatic rings. The molecule has 0 aliphatic carbocycles. The molecular weight excluding hydrogens is 488 g/mol. The van der Waals surface area contributed by atoms with Crippen molar-refractivity contribution in [1.29, 1.82) is 5.26 Å². The highest BCUT2D eigenvalue weighted by molar-refractivity contribution is 5.95. The van der Waals surface area contributed by atoms with Crippen molar-refractivity contribution in [2.24, 2.45) is 0 Å². The van der Waals surface area contributed by atoms with Gasteiger partial charge in [-0.05, 0) is 60.7 Å². The van der Waals surface area contributed by atoms with E-state index < -0.39 is 0 Å². The van der Waals surface area contributed by atoms with Gasteiger partial charge in [-0.25, -0.2) is 9.50 Å². The molecule has 8 heteroatoms. The summed E-state index contributed by atoms with van der Waals surface area (Å²) in [6.07, 6.45) is 10.5. The van der Waals surface area contributed by atoms with Gasteiger partial charge < -0.3 is 14.5 Å². The quantitative estimate of drug-likeness (QED) is 0.395. The molecule has 1 amide bonds. The van der Waals surface area contributed by atoms with E-state index in [-0.39, 0.29) is 18.0 Å². The van der Waals surface area contributed by atoms with Gasteiger partial charge in [0.1, 0.15) is 11.9 Å². The summed E-state index contributed by atoms with van der Waals surface area (Å²) in [7, 11) is 0. The van der Waals surface area contributed by atoms with Gasteiger partial charge in [-0.3, -0.25) is 4.79 Å².